The average Bonchev–Trinajstić information content (AvgIpc) is 2.11. The number of nitriles is 1. The van der Waals surface area contributed by atoms with Gasteiger partial charge in [-0.15, -0.1) is 0 Å². The van der Waals surface area contributed by atoms with Crippen molar-refractivity contribution >= 4 is 0 Å². The Hall–Kier alpha value is -0.910. The first-order valence-corrected chi connectivity index (χ1v) is 5.93. The van der Waals surface area contributed by atoms with Crippen molar-refractivity contribution in [3.63, 3.8) is 0 Å². The van der Waals surface area contributed by atoms with Crippen LogP contribution in [0.25, 0.3) is 0 Å². The van der Waals surface area contributed by atoms with Crippen LogP contribution >= 0.6 is 0 Å². The largest absolute Gasteiger partial charge is 0.198 e. The molecule has 0 fully saturated rings. The van der Waals surface area contributed by atoms with Crippen LogP contribution in [0.2, 0.25) is 0 Å². The molecule has 3 nitrogen and oxygen atoms in total. The zero-order valence-corrected chi connectivity index (χ0v) is 12.0. The molecule has 0 aliphatic heterocycles. The molecule has 0 unspecified atom stereocenters. The van der Waals surface area contributed by atoms with Crippen molar-refractivity contribution in [2.75, 3.05) is 0 Å². The van der Waals surface area contributed by atoms with E-state index in [1.165, 1.54) is 0 Å². The van der Waals surface area contributed by atoms with E-state index in [9.17, 15) is 0 Å². The first kappa shape index (κ1) is 17.5. The lowest BCUT2D eigenvalue weighted by Crippen LogP contribution is -2.14. The van der Waals surface area contributed by atoms with E-state index in [0.717, 1.165) is 19.3 Å². The third-order valence-corrected chi connectivity index (χ3v) is 1.29. The van der Waals surface area contributed by atoms with Gasteiger partial charge in [-0.3, -0.25) is 0 Å². The minimum Gasteiger partial charge on any atom is -0.198 e. The quantitative estimate of drug-likeness (QED) is 0.495. The van der Waals surface area contributed by atoms with E-state index in [-0.39, 0.29) is 11.1 Å². The van der Waals surface area contributed by atoms with Crippen LogP contribution in [0.1, 0.15) is 67.7 Å². The van der Waals surface area contributed by atoms with Crippen molar-refractivity contribution in [1.29, 1.82) is 5.26 Å². The highest BCUT2D eigenvalue weighted by atomic mass is 15.2. The van der Waals surface area contributed by atoms with Crippen molar-refractivity contribution in [2.45, 2.75) is 78.8 Å². The van der Waals surface area contributed by atoms with Gasteiger partial charge in [0.05, 0.1) is 17.1 Å². The molecule has 0 saturated heterocycles. The molecular weight excluding hydrogens is 198 g/mol. The SMILES string of the molecule is CC(C)(C)N=NC(C)(C)C.CCCCC#N. The summed E-state index contributed by atoms with van der Waals surface area (Å²) in [6, 6.07) is 2.07. The molecule has 0 radical (unpaired) electrons. The van der Waals surface area contributed by atoms with Crippen molar-refractivity contribution < 1.29 is 0 Å². The number of azo groups is 1. The van der Waals surface area contributed by atoms with Gasteiger partial charge in [-0.25, -0.2) is 0 Å². The van der Waals surface area contributed by atoms with Gasteiger partial charge in [0.25, 0.3) is 0 Å². The zero-order valence-electron chi connectivity index (χ0n) is 12.0. The predicted octanol–water partition coefficient (Wildman–Crippen LogP) is 4.74. The van der Waals surface area contributed by atoms with Gasteiger partial charge in [0.15, 0.2) is 0 Å². The molecule has 0 aliphatic rings. The van der Waals surface area contributed by atoms with Crippen molar-refractivity contribution in [2.24, 2.45) is 10.2 Å². The summed E-state index contributed by atoms with van der Waals surface area (Å²) in [5, 5.41) is 16.3. The third kappa shape index (κ3) is 23.2. The molecule has 3 heteroatoms. The fourth-order valence-corrected chi connectivity index (χ4v) is 0.556. The fraction of sp³-hybridized carbons (Fsp3) is 0.923. The highest BCUT2D eigenvalue weighted by Crippen LogP contribution is 2.13. The maximum atomic E-state index is 7.95. The summed E-state index contributed by atoms with van der Waals surface area (Å²) in [5.74, 6) is 0. The molecule has 0 aromatic carbocycles. The molecule has 0 atom stereocenters. The van der Waals surface area contributed by atoms with E-state index in [1.807, 2.05) is 41.5 Å². The minimum absolute atomic E-state index is 0.0344. The summed E-state index contributed by atoms with van der Waals surface area (Å²) < 4.78 is 0. The van der Waals surface area contributed by atoms with Crippen molar-refractivity contribution in [1.82, 2.24) is 0 Å². The molecule has 0 bridgehead atoms. The number of rotatable bonds is 2. The summed E-state index contributed by atoms with van der Waals surface area (Å²) in [5.41, 5.74) is -0.0689. The summed E-state index contributed by atoms with van der Waals surface area (Å²) >= 11 is 0. The Kier molecular flexibility index (Phi) is 9.03. The number of unbranched alkanes of at least 4 members (excludes halogenated alkanes) is 2. The Labute approximate surface area is 101 Å². The number of hydrogen-bond donors (Lipinski definition) is 0. The molecule has 0 amide bonds. The second kappa shape index (κ2) is 8.27. The lowest BCUT2D eigenvalue weighted by molar-refractivity contribution is 0.465. The molecule has 94 valence electrons. The molecule has 16 heavy (non-hydrogen) atoms. The lowest BCUT2D eigenvalue weighted by atomic mass is 10.1. The van der Waals surface area contributed by atoms with Crippen LogP contribution in [0.3, 0.4) is 0 Å². The molecule has 0 saturated carbocycles. The maximum absolute atomic E-state index is 7.95. The van der Waals surface area contributed by atoms with Crippen LogP contribution in [-0.2, 0) is 0 Å². The van der Waals surface area contributed by atoms with E-state index in [4.69, 9.17) is 5.26 Å². The zero-order chi connectivity index (χ0) is 13.2. The van der Waals surface area contributed by atoms with E-state index in [2.05, 4.69) is 23.2 Å². The van der Waals surface area contributed by atoms with E-state index >= 15 is 0 Å². The fourth-order valence-electron chi connectivity index (χ4n) is 0.556. The second-order valence-corrected chi connectivity index (χ2v) is 5.80. The summed E-state index contributed by atoms with van der Waals surface area (Å²) in [4.78, 5) is 0. The van der Waals surface area contributed by atoms with Crippen LogP contribution in [-0.4, -0.2) is 11.1 Å². The molecular formula is C13H27N3. The Morgan fingerprint density at radius 3 is 1.44 bits per heavy atom. The van der Waals surface area contributed by atoms with Gasteiger partial charge in [0.2, 0.25) is 0 Å². The molecule has 0 spiro atoms. The first-order valence-electron chi connectivity index (χ1n) is 5.93. The van der Waals surface area contributed by atoms with E-state index in [1.54, 1.807) is 0 Å². The number of nitrogens with zero attached hydrogens (tertiary/aromatic N) is 3. The molecule has 0 aromatic rings. The van der Waals surface area contributed by atoms with Gasteiger partial charge in [-0.2, -0.15) is 15.5 Å². The van der Waals surface area contributed by atoms with Crippen LogP contribution in [0.15, 0.2) is 10.2 Å². The van der Waals surface area contributed by atoms with E-state index in [0.29, 0.717) is 0 Å². The second-order valence-electron chi connectivity index (χ2n) is 5.80. The molecule has 0 aliphatic carbocycles. The number of hydrogen-bond acceptors (Lipinski definition) is 3. The highest BCUT2D eigenvalue weighted by Gasteiger charge is 2.11. The Balaban J connectivity index is 0. The molecule has 0 rings (SSSR count). The monoisotopic (exact) mass is 225 g/mol. The third-order valence-electron chi connectivity index (χ3n) is 1.29. The minimum atomic E-state index is -0.0344. The van der Waals surface area contributed by atoms with Gasteiger partial charge in [0, 0.05) is 6.42 Å². The first-order chi connectivity index (χ1) is 7.12. The van der Waals surface area contributed by atoms with Crippen LogP contribution in [0.5, 0.6) is 0 Å². The lowest BCUT2D eigenvalue weighted by Gasteiger charge is -2.15. The van der Waals surface area contributed by atoms with Crippen molar-refractivity contribution in [3.05, 3.63) is 0 Å². The normalized spacial score (nSPS) is 11.9. The summed E-state index contributed by atoms with van der Waals surface area (Å²) in [7, 11) is 0. The standard InChI is InChI=1S/C8H18N2.C5H9N/c1-7(2,3)9-10-8(4,5)6;1-2-3-4-5-6/h1-6H3;2-4H2,1H3. The predicted molar refractivity (Wildman–Crippen MR) is 69.5 cm³/mol. The van der Waals surface area contributed by atoms with Gasteiger partial charge in [0.1, 0.15) is 0 Å². The van der Waals surface area contributed by atoms with Gasteiger partial charge < -0.3 is 0 Å². The van der Waals surface area contributed by atoms with Gasteiger partial charge in [-0.1, -0.05) is 13.3 Å². The van der Waals surface area contributed by atoms with Crippen molar-refractivity contribution in [3.8, 4) is 6.07 Å². The van der Waals surface area contributed by atoms with Crippen LogP contribution in [0.4, 0.5) is 0 Å². The molecule has 0 N–H and O–H groups in total. The van der Waals surface area contributed by atoms with Crippen LogP contribution in [0, 0.1) is 11.3 Å². The summed E-state index contributed by atoms with van der Waals surface area (Å²) in [6.07, 6.45) is 2.90. The average molecular weight is 225 g/mol. The van der Waals surface area contributed by atoms with Gasteiger partial charge in [-0.05, 0) is 48.0 Å². The summed E-state index contributed by atoms with van der Waals surface area (Å²) in [6.45, 7) is 14.3. The Morgan fingerprint density at radius 1 is 0.938 bits per heavy atom. The topological polar surface area (TPSA) is 48.5 Å². The maximum Gasteiger partial charge on any atom is 0.0732 e. The van der Waals surface area contributed by atoms with E-state index < -0.39 is 0 Å². The van der Waals surface area contributed by atoms with Gasteiger partial charge >= 0.3 is 0 Å². The molecule has 0 heterocycles. The smallest absolute Gasteiger partial charge is 0.0732 e. The highest BCUT2D eigenvalue weighted by molar-refractivity contribution is 4.72. The van der Waals surface area contributed by atoms with Crippen LogP contribution < -0.4 is 0 Å². The Morgan fingerprint density at radius 2 is 1.31 bits per heavy atom. The molecule has 0 aromatic heterocycles. The Bertz CT molecular complexity index is 207.